The third-order valence-corrected chi connectivity index (χ3v) is 5.44. The van der Waals surface area contributed by atoms with E-state index < -0.39 is 16.2 Å². The number of ether oxygens (including phenoxy) is 1. The lowest BCUT2D eigenvalue weighted by molar-refractivity contribution is 0.146. The first-order valence-corrected chi connectivity index (χ1v) is 9.29. The Morgan fingerprint density at radius 1 is 1.12 bits per heavy atom. The van der Waals surface area contributed by atoms with E-state index in [0.717, 1.165) is 16.9 Å². The second-order valence-corrected chi connectivity index (χ2v) is 7.46. The smallest absolute Gasteiger partial charge is 0.449 e. The van der Waals surface area contributed by atoms with Crippen molar-refractivity contribution in [1.82, 2.24) is 4.98 Å². The minimum absolute atomic E-state index is 0.0388. The molecule has 0 radical (unpaired) electrons. The van der Waals surface area contributed by atoms with E-state index in [1.807, 2.05) is 30.3 Å². The van der Waals surface area contributed by atoms with E-state index in [9.17, 15) is 13.2 Å². The molecule has 3 aromatic rings. The number of pyridine rings is 1. The summed E-state index contributed by atoms with van der Waals surface area (Å²) in [5.41, 5.74) is 0.850. The third kappa shape index (κ3) is 3.95. The minimum Gasteiger partial charge on any atom is -0.449 e. The molecule has 0 aliphatic carbocycles. The van der Waals surface area contributed by atoms with Crippen LogP contribution in [0.1, 0.15) is 0 Å². The van der Waals surface area contributed by atoms with Crippen molar-refractivity contribution in [3.63, 3.8) is 0 Å². The summed E-state index contributed by atoms with van der Waals surface area (Å²) >= 11 is 1.03. The maximum Gasteiger partial charge on any atom is 0.512 e. The van der Waals surface area contributed by atoms with Crippen LogP contribution in [0.4, 0.5) is 10.5 Å². The highest BCUT2D eigenvalue weighted by Gasteiger charge is 2.21. The van der Waals surface area contributed by atoms with Gasteiger partial charge in [-0.05, 0) is 23.8 Å². The summed E-state index contributed by atoms with van der Waals surface area (Å²) < 4.78 is 31.9. The molecule has 0 atom stereocenters. The molecule has 0 spiro atoms. The number of anilines is 1. The molecule has 7 nitrogen and oxygen atoms in total. The van der Waals surface area contributed by atoms with Crippen molar-refractivity contribution in [3.8, 4) is 15.5 Å². The molecule has 128 valence electrons. The molecule has 9 heteroatoms. The van der Waals surface area contributed by atoms with Gasteiger partial charge < -0.3 is 9.84 Å². The van der Waals surface area contributed by atoms with Crippen LogP contribution in [0.3, 0.4) is 0 Å². The first-order chi connectivity index (χ1) is 12.0. The van der Waals surface area contributed by atoms with Gasteiger partial charge in [0.15, 0.2) is 5.03 Å². The molecule has 1 aromatic carbocycles. The Morgan fingerprint density at radius 3 is 2.48 bits per heavy atom. The van der Waals surface area contributed by atoms with Gasteiger partial charge in [-0.2, -0.15) is 8.42 Å². The molecule has 0 aliphatic heterocycles. The summed E-state index contributed by atoms with van der Waals surface area (Å²) in [6.07, 6.45) is -0.175. The molecule has 0 unspecified atom stereocenters. The monoisotopic (exact) mass is 376 g/mol. The summed E-state index contributed by atoms with van der Waals surface area (Å²) in [5, 5.41) is 8.64. The molecule has 0 fully saturated rings. The highest BCUT2D eigenvalue weighted by atomic mass is 32.2. The Hall–Kier alpha value is -2.91. The average molecular weight is 376 g/mol. The highest BCUT2D eigenvalue weighted by Crippen LogP contribution is 2.41. The van der Waals surface area contributed by atoms with E-state index in [1.165, 1.54) is 18.3 Å². The van der Waals surface area contributed by atoms with Gasteiger partial charge in [-0.1, -0.05) is 47.7 Å². The first-order valence-electron chi connectivity index (χ1n) is 6.99. The number of hydrogen-bond donors (Lipinski definition) is 2. The van der Waals surface area contributed by atoms with Crippen LogP contribution in [0, 0.1) is 0 Å². The predicted molar refractivity (Wildman–Crippen MR) is 93.5 cm³/mol. The van der Waals surface area contributed by atoms with Gasteiger partial charge in [0.05, 0.1) is 0 Å². The number of carbonyl (C=O) groups is 1. The van der Waals surface area contributed by atoms with Crippen LogP contribution in [0.15, 0.2) is 65.8 Å². The number of aromatic nitrogens is 1. The molecule has 0 saturated heterocycles. The summed E-state index contributed by atoms with van der Waals surface area (Å²) in [6.45, 7) is 0. The fourth-order valence-electron chi connectivity index (χ4n) is 2.05. The fraction of sp³-hybridized carbons (Fsp3) is 0. The fourth-order valence-corrected chi connectivity index (χ4v) is 4.08. The van der Waals surface area contributed by atoms with Gasteiger partial charge in [-0.15, -0.1) is 0 Å². The Bertz CT molecular complexity index is 986. The van der Waals surface area contributed by atoms with E-state index >= 15 is 0 Å². The SMILES string of the molecule is O=C(O)Oc1sc(-c2ccccc2)cc1NS(=O)(=O)c1ccccn1. The van der Waals surface area contributed by atoms with Crippen molar-refractivity contribution in [3.05, 3.63) is 60.8 Å². The van der Waals surface area contributed by atoms with E-state index in [2.05, 4.69) is 9.71 Å². The Kier molecular flexibility index (Phi) is 4.68. The van der Waals surface area contributed by atoms with E-state index in [-0.39, 0.29) is 15.8 Å². The summed E-state index contributed by atoms with van der Waals surface area (Å²) in [6, 6.07) is 15.1. The second kappa shape index (κ2) is 6.91. The number of nitrogens with zero attached hydrogens (tertiary/aromatic N) is 1. The van der Waals surface area contributed by atoms with Gasteiger partial charge in [0.2, 0.25) is 5.06 Å². The van der Waals surface area contributed by atoms with Crippen molar-refractivity contribution >= 4 is 33.2 Å². The lowest BCUT2D eigenvalue weighted by Crippen LogP contribution is -2.15. The molecule has 2 heterocycles. The van der Waals surface area contributed by atoms with Crippen molar-refractivity contribution in [2.75, 3.05) is 4.72 Å². The largest absolute Gasteiger partial charge is 0.512 e. The zero-order chi connectivity index (χ0) is 17.9. The van der Waals surface area contributed by atoms with Crippen LogP contribution in [0.2, 0.25) is 0 Å². The van der Waals surface area contributed by atoms with Gasteiger partial charge in [-0.3, -0.25) is 4.72 Å². The molecule has 0 aliphatic rings. The summed E-state index contributed by atoms with van der Waals surface area (Å²) in [5.74, 6) is 0. The van der Waals surface area contributed by atoms with Crippen molar-refractivity contribution in [1.29, 1.82) is 0 Å². The van der Waals surface area contributed by atoms with Crippen LogP contribution < -0.4 is 9.46 Å². The van der Waals surface area contributed by atoms with Crippen molar-refractivity contribution in [2.24, 2.45) is 0 Å². The molecule has 0 bridgehead atoms. The van der Waals surface area contributed by atoms with Gasteiger partial charge in [0.25, 0.3) is 10.0 Å². The Balaban J connectivity index is 2.00. The molecule has 0 saturated carbocycles. The van der Waals surface area contributed by atoms with E-state index in [0.29, 0.717) is 4.88 Å². The molecule has 2 aromatic heterocycles. The average Bonchev–Trinajstić information content (AvgIpc) is 2.98. The minimum atomic E-state index is -3.97. The van der Waals surface area contributed by atoms with Crippen LogP contribution >= 0.6 is 11.3 Å². The van der Waals surface area contributed by atoms with Gasteiger partial charge in [0, 0.05) is 11.1 Å². The zero-order valence-corrected chi connectivity index (χ0v) is 14.3. The van der Waals surface area contributed by atoms with Gasteiger partial charge in [-0.25, -0.2) is 9.78 Å². The standard InChI is InChI=1S/C16H12N2O5S2/c19-16(20)23-15-12(10-13(24-15)11-6-2-1-3-7-11)18-25(21,22)14-8-4-5-9-17-14/h1-10,18H,(H,19,20). The first kappa shape index (κ1) is 16.9. The summed E-state index contributed by atoms with van der Waals surface area (Å²) in [7, 11) is -3.97. The van der Waals surface area contributed by atoms with Crippen LogP contribution in [0.25, 0.3) is 10.4 Å². The normalized spacial score (nSPS) is 11.0. The van der Waals surface area contributed by atoms with Crippen LogP contribution in [-0.4, -0.2) is 24.7 Å². The molecular weight excluding hydrogens is 364 g/mol. The highest BCUT2D eigenvalue weighted by molar-refractivity contribution is 7.92. The van der Waals surface area contributed by atoms with Crippen LogP contribution in [-0.2, 0) is 10.0 Å². The maximum absolute atomic E-state index is 12.4. The Labute approximate surface area is 147 Å². The third-order valence-electron chi connectivity index (χ3n) is 3.09. The summed E-state index contributed by atoms with van der Waals surface area (Å²) in [4.78, 5) is 15.4. The van der Waals surface area contributed by atoms with E-state index in [1.54, 1.807) is 12.1 Å². The number of rotatable bonds is 5. The topological polar surface area (TPSA) is 106 Å². The predicted octanol–water partition coefficient (Wildman–Crippen LogP) is 3.67. The lowest BCUT2D eigenvalue weighted by atomic mass is 10.2. The maximum atomic E-state index is 12.4. The number of nitrogens with one attached hydrogen (secondary N) is 1. The number of benzene rings is 1. The van der Waals surface area contributed by atoms with Crippen LogP contribution in [0.5, 0.6) is 5.06 Å². The number of thiophene rings is 1. The van der Waals surface area contributed by atoms with Gasteiger partial charge >= 0.3 is 6.16 Å². The quantitative estimate of drug-likeness (QED) is 0.658. The number of hydrogen-bond acceptors (Lipinski definition) is 6. The number of sulfonamides is 1. The molecular formula is C16H12N2O5S2. The Morgan fingerprint density at radius 2 is 1.84 bits per heavy atom. The molecule has 2 N–H and O–H groups in total. The lowest BCUT2D eigenvalue weighted by Gasteiger charge is -2.06. The van der Waals surface area contributed by atoms with E-state index in [4.69, 9.17) is 9.84 Å². The molecule has 25 heavy (non-hydrogen) atoms. The van der Waals surface area contributed by atoms with Crippen molar-refractivity contribution < 1.29 is 23.1 Å². The van der Waals surface area contributed by atoms with Gasteiger partial charge in [0.1, 0.15) is 5.69 Å². The number of carboxylic acid groups (broad SMARTS) is 1. The molecule has 0 amide bonds. The van der Waals surface area contributed by atoms with Crippen molar-refractivity contribution in [2.45, 2.75) is 5.03 Å². The second-order valence-electron chi connectivity index (χ2n) is 4.82. The zero-order valence-electron chi connectivity index (χ0n) is 12.6. The molecule has 3 rings (SSSR count).